The van der Waals surface area contributed by atoms with E-state index in [1.165, 1.54) is 11.3 Å². The van der Waals surface area contributed by atoms with Crippen molar-refractivity contribution < 1.29 is 14.3 Å². The van der Waals surface area contributed by atoms with Gasteiger partial charge in [-0.05, 0) is 38.3 Å². The molecule has 1 heterocycles. The van der Waals surface area contributed by atoms with Crippen LogP contribution in [0.1, 0.15) is 35.0 Å². The molecule has 19 heavy (non-hydrogen) atoms. The normalized spacial score (nSPS) is 14.6. The molecule has 0 spiro atoms. The molecule has 102 valence electrons. The van der Waals surface area contributed by atoms with Gasteiger partial charge in [-0.1, -0.05) is 12.2 Å². The summed E-state index contributed by atoms with van der Waals surface area (Å²) in [6.45, 7) is 3.99. The van der Waals surface area contributed by atoms with E-state index in [1.807, 2.05) is 26.0 Å². The number of thiophene rings is 1. The Bertz CT molecular complexity index is 515. The minimum absolute atomic E-state index is 0.0510. The van der Waals surface area contributed by atoms with E-state index in [0.717, 1.165) is 18.4 Å². The van der Waals surface area contributed by atoms with Crippen molar-refractivity contribution in [3.63, 3.8) is 0 Å². The Morgan fingerprint density at radius 1 is 1.53 bits per heavy atom. The van der Waals surface area contributed by atoms with Crippen LogP contribution in [0.3, 0.4) is 0 Å². The summed E-state index contributed by atoms with van der Waals surface area (Å²) in [5.74, 6) is -0.130. The second-order valence-electron chi connectivity index (χ2n) is 4.55. The number of anilines is 1. The zero-order valence-corrected chi connectivity index (χ0v) is 11.9. The predicted molar refractivity (Wildman–Crippen MR) is 75.5 cm³/mol. The fourth-order valence-corrected chi connectivity index (χ4v) is 2.57. The SMILES string of the molecule is C/C=C/COC(=O)c1sc(NC(=O)C2CC2)cc1C. The lowest BCUT2D eigenvalue weighted by Crippen LogP contribution is -2.12. The molecule has 0 atom stereocenters. The van der Waals surface area contributed by atoms with Gasteiger partial charge in [-0.25, -0.2) is 4.79 Å². The molecule has 0 unspecified atom stereocenters. The Hall–Kier alpha value is -1.62. The summed E-state index contributed by atoms with van der Waals surface area (Å²) in [4.78, 5) is 24.0. The first-order valence-corrected chi connectivity index (χ1v) is 7.13. The summed E-state index contributed by atoms with van der Waals surface area (Å²) < 4.78 is 5.10. The molecule has 1 aromatic rings. The van der Waals surface area contributed by atoms with E-state index in [9.17, 15) is 9.59 Å². The highest BCUT2D eigenvalue weighted by Gasteiger charge is 2.30. The lowest BCUT2D eigenvalue weighted by molar-refractivity contribution is -0.117. The van der Waals surface area contributed by atoms with Crippen LogP contribution in [-0.4, -0.2) is 18.5 Å². The largest absolute Gasteiger partial charge is 0.457 e. The number of hydrogen-bond acceptors (Lipinski definition) is 4. The van der Waals surface area contributed by atoms with Gasteiger partial charge in [-0.2, -0.15) is 0 Å². The fraction of sp³-hybridized carbons (Fsp3) is 0.429. The number of ether oxygens (including phenoxy) is 1. The number of carbonyl (C=O) groups excluding carboxylic acids is 2. The van der Waals surface area contributed by atoms with Gasteiger partial charge in [-0.15, -0.1) is 11.3 Å². The van der Waals surface area contributed by atoms with Gasteiger partial charge in [0, 0.05) is 5.92 Å². The molecular formula is C14H17NO3S. The third kappa shape index (κ3) is 3.67. The van der Waals surface area contributed by atoms with Crippen LogP contribution in [0.15, 0.2) is 18.2 Å². The molecule has 1 N–H and O–H groups in total. The molecule has 1 fully saturated rings. The first-order chi connectivity index (χ1) is 9.11. The van der Waals surface area contributed by atoms with Gasteiger partial charge in [0.05, 0.1) is 5.00 Å². The lowest BCUT2D eigenvalue weighted by Gasteiger charge is -2.00. The molecule has 0 aromatic carbocycles. The average Bonchev–Trinajstić information content (AvgIpc) is 3.15. The highest BCUT2D eigenvalue weighted by atomic mass is 32.1. The van der Waals surface area contributed by atoms with Crippen LogP contribution in [0.4, 0.5) is 5.00 Å². The Kier molecular flexibility index (Phi) is 4.37. The molecule has 2 rings (SSSR count). The zero-order chi connectivity index (χ0) is 13.8. The summed E-state index contributed by atoms with van der Waals surface area (Å²) in [6.07, 6.45) is 5.54. The van der Waals surface area contributed by atoms with E-state index in [-0.39, 0.29) is 24.4 Å². The number of hydrogen-bond donors (Lipinski definition) is 1. The molecule has 0 saturated heterocycles. The molecule has 1 amide bonds. The van der Waals surface area contributed by atoms with Gasteiger partial charge in [0.1, 0.15) is 11.5 Å². The summed E-state index contributed by atoms with van der Waals surface area (Å²) in [5.41, 5.74) is 0.835. The fourth-order valence-electron chi connectivity index (χ4n) is 1.60. The molecule has 0 bridgehead atoms. The topological polar surface area (TPSA) is 55.4 Å². The number of carbonyl (C=O) groups is 2. The predicted octanol–water partition coefficient (Wildman–Crippen LogP) is 3.14. The summed E-state index contributed by atoms with van der Waals surface area (Å²) in [6, 6.07) is 1.82. The van der Waals surface area contributed by atoms with Crippen molar-refractivity contribution in [3.05, 3.63) is 28.7 Å². The van der Waals surface area contributed by atoms with Crippen LogP contribution in [0, 0.1) is 12.8 Å². The van der Waals surface area contributed by atoms with Crippen LogP contribution >= 0.6 is 11.3 Å². The first kappa shape index (κ1) is 13.8. The lowest BCUT2D eigenvalue weighted by atomic mass is 10.3. The Morgan fingerprint density at radius 2 is 2.26 bits per heavy atom. The molecule has 1 aliphatic carbocycles. The monoisotopic (exact) mass is 279 g/mol. The van der Waals surface area contributed by atoms with Gasteiger partial charge in [0.15, 0.2) is 0 Å². The summed E-state index contributed by atoms with van der Waals surface area (Å²) in [5, 5.41) is 3.56. The summed E-state index contributed by atoms with van der Waals surface area (Å²) >= 11 is 1.27. The van der Waals surface area contributed by atoms with Crippen LogP contribution in [-0.2, 0) is 9.53 Å². The van der Waals surface area contributed by atoms with E-state index < -0.39 is 0 Å². The number of nitrogens with one attached hydrogen (secondary N) is 1. The molecule has 0 aliphatic heterocycles. The minimum atomic E-state index is -0.340. The highest BCUT2D eigenvalue weighted by Crippen LogP contribution is 2.33. The number of aryl methyl sites for hydroxylation is 1. The average molecular weight is 279 g/mol. The van der Waals surface area contributed by atoms with Gasteiger partial charge in [-0.3, -0.25) is 4.79 Å². The molecule has 1 aliphatic rings. The third-order valence-electron chi connectivity index (χ3n) is 2.84. The van der Waals surface area contributed by atoms with Crippen molar-refractivity contribution in [2.45, 2.75) is 26.7 Å². The van der Waals surface area contributed by atoms with E-state index in [4.69, 9.17) is 4.74 Å². The van der Waals surface area contributed by atoms with Crippen molar-refractivity contribution in [1.82, 2.24) is 0 Å². The summed E-state index contributed by atoms with van der Waals surface area (Å²) in [7, 11) is 0. The quantitative estimate of drug-likeness (QED) is 0.665. The van der Waals surface area contributed by atoms with Crippen LogP contribution in [0.2, 0.25) is 0 Å². The molecule has 4 nitrogen and oxygen atoms in total. The van der Waals surface area contributed by atoms with Crippen molar-refractivity contribution in [1.29, 1.82) is 0 Å². The smallest absolute Gasteiger partial charge is 0.348 e. The number of amides is 1. The zero-order valence-electron chi connectivity index (χ0n) is 11.1. The maximum absolute atomic E-state index is 11.8. The van der Waals surface area contributed by atoms with Gasteiger partial charge in [0.2, 0.25) is 5.91 Å². The molecule has 0 radical (unpaired) electrons. The number of rotatable bonds is 5. The molecular weight excluding hydrogens is 262 g/mol. The van der Waals surface area contributed by atoms with E-state index in [1.54, 1.807) is 6.08 Å². The maximum Gasteiger partial charge on any atom is 0.348 e. The van der Waals surface area contributed by atoms with Gasteiger partial charge >= 0.3 is 5.97 Å². The second kappa shape index (κ2) is 6.02. The number of allylic oxidation sites excluding steroid dienone is 1. The van der Waals surface area contributed by atoms with Crippen molar-refractivity contribution >= 4 is 28.2 Å². The maximum atomic E-state index is 11.8. The van der Waals surface area contributed by atoms with Gasteiger partial charge in [0.25, 0.3) is 0 Å². The number of esters is 1. The Labute approximate surface area is 116 Å². The molecule has 5 heteroatoms. The molecule has 1 aromatic heterocycles. The van der Waals surface area contributed by atoms with Crippen molar-refractivity contribution in [2.75, 3.05) is 11.9 Å². The van der Waals surface area contributed by atoms with Crippen molar-refractivity contribution in [3.8, 4) is 0 Å². The first-order valence-electron chi connectivity index (χ1n) is 6.31. The van der Waals surface area contributed by atoms with E-state index in [2.05, 4.69) is 5.32 Å². The van der Waals surface area contributed by atoms with Crippen LogP contribution < -0.4 is 5.32 Å². The van der Waals surface area contributed by atoms with Gasteiger partial charge < -0.3 is 10.1 Å². The third-order valence-corrected chi connectivity index (χ3v) is 3.98. The van der Waals surface area contributed by atoms with Crippen LogP contribution in [0.5, 0.6) is 0 Å². The standard InChI is InChI=1S/C14H17NO3S/c1-3-4-7-18-14(17)12-9(2)8-11(19-12)15-13(16)10-5-6-10/h3-4,8,10H,5-7H2,1-2H3,(H,15,16)/b4-3+. The van der Waals surface area contributed by atoms with Crippen molar-refractivity contribution in [2.24, 2.45) is 5.92 Å². The highest BCUT2D eigenvalue weighted by molar-refractivity contribution is 7.18. The Balaban J connectivity index is 1.98. The van der Waals surface area contributed by atoms with E-state index >= 15 is 0 Å². The Morgan fingerprint density at radius 3 is 2.89 bits per heavy atom. The molecule has 1 saturated carbocycles. The van der Waals surface area contributed by atoms with Crippen LogP contribution in [0.25, 0.3) is 0 Å². The second-order valence-corrected chi connectivity index (χ2v) is 5.61. The minimum Gasteiger partial charge on any atom is -0.457 e. The van der Waals surface area contributed by atoms with E-state index in [0.29, 0.717) is 9.88 Å².